The molecular formula is C19H34IN5O2. The van der Waals surface area contributed by atoms with Crippen molar-refractivity contribution in [2.45, 2.75) is 47.1 Å². The van der Waals surface area contributed by atoms with E-state index in [-0.39, 0.29) is 29.9 Å². The van der Waals surface area contributed by atoms with Crippen molar-refractivity contribution in [3.8, 4) is 5.88 Å². The number of rotatable bonds is 11. The van der Waals surface area contributed by atoms with Crippen molar-refractivity contribution < 1.29 is 9.53 Å². The van der Waals surface area contributed by atoms with Gasteiger partial charge in [0, 0.05) is 44.9 Å². The zero-order chi connectivity index (χ0) is 19.2. The summed E-state index contributed by atoms with van der Waals surface area (Å²) in [6.45, 7) is 12.1. The molecule has 0 atom stereocenters. The summed E-state index contributed by atoms with van der Waals surface area (Å²) in [5.41, 5.74) is 1.00. The number of guanidine groups is 1. The number of pyridine rings is 1. The molecule has 0 unspecified atom stereocenters. The minimum Gasteiger partial charge on any atom is -0.478 e. The summed E-state index contributed by atoms with van der Waals surface area (Å²) < 4.78 is 5.48. The fourth-order valence-corrected chi connectivity index (χ4v) is 2.33. The van der Waals surface area contributed by atoms with Gasteiger partial charge < -0.3 is 20.3 Å². The lowest BCUT2D eigenvalue weighted by Crippen LogP contribution is -2.40. The van der Waals surface area contributed by atoms with Crippen LogP contribution in [0.2, 0.25) is 0 Å². The third-order valence-electron chi connectivity index (χ3n) is 3.76. The lowest BCUT2D eigenvalue weighted by atomic mass is 10.3. The second kappa shape index (κ2) is 15.5. The number of aliphatic imine (C=N–C) groups is 1. The van der Waals surface area contributed by atoms with Gasteiger partial charge in [0.1, 0.15) is 0 Å². The highest BCUT2D eigenvalue weighted by atomic mass is 127. The van der Waals surface area contributed by atoms with Gasteiger partial charge in [-0.05, 0) is 32.8 Å². The van der Waals surface area contributed by atoms with E-state index >= 15 is 0 Å². The molecule has 1 aromatic heterocycles. The van der Waals surface area contributed by atoms with Gasteiger partial charge in [-0.1, -0.05) is 13.0 Å². The van der Waals surface area contributed by atoms with Gasteiger partial charge in [-0.25, -0.2) is 9.98 Å². The molecule has 1 aromatic rings. The number of amides is 1. The molecule has 1 rings (SSSR count). The van der Waals surface area contributed by atoms with Crippen LogP contribution in [0, 0.1) is 0 Å². The van der Waals surface area contributed by atoms with Crippen molar-refractivity contribution >= 4 is 35.8 Å². The lowest BCUT2D eigenvalue weighted by molar-refractivity contribution is -0.130. The second-order valence-electron chi connectivity index (χ2n) is 5.79. The fourth-order valence-electron chi connectivity index (χ4n) is 2.33. The van der Waals surface area contributed by atoms with Crippen LogP contribution in [0.1, 0.15) is 46.1 Å². The Morgan fingerprint density at radius 1 is 1.19 bits per heavy atom. The van der Waals surface area contributed by atoms with Crippen LogP contribution in [-0.4, -0.2) is 54.5 Å². The van der Waals surface area contributed by atoms with Crippen molar-refractivity contribution in [1.29, 1.82) is 0 Å². The Hall–Kier alpha value is -1.58. The third-order valence-corrected chi connectivity index (χ3v) is 3.76. The van der Waals surface area contributed by atoms with Gasteiger partial charge in [0.2, 0.25) is 11.8 Å². The first-order chi connectivity index (χ1) is 12.6. The maximum absolute atomic E-state index is 12.0. The summed E-state index contributed by atoms with van der Waals surface area (Å²) >= 11 is 0. The Morgan fingerprint density at radius 2 is 1.93 bits per heavy atom. The average Bonchev–Trinajstić information content (AvgIpc) is 2.66. The summed E-state index contributed by atoms with van der Waals surface area (Å²) in [5, 5.41) is 6.40. The van der Waals surface area contributed by atoms with Crippen LogP contribution < -0.4 is 15.4 Å². The molecule has 0 saturated carbocycles. The van der Waals surface area contributed by atoms with Crippen LogP contribution in [0.3, 0.4) is 0 Å². The molecule has 27 heavy (non-hydrogen) atoms. The van der Waals surface area contributed by atoms with Crippen molar-refractivity contribution in [3.63, 3.8) is 0 Å². The van der Waals surface area contributed by atoms with Crippen molar-refractivity contribution in [2.75, 3.05) is 32.8 Å². The Kier molecular flexibility index (Phi) is 14.6. The van der Waals surface area contributed by atoms with Crippen molar-refractivity contribution in [3.05, 3.63) is 23.9 Å². The van der Waals surface area contributed by atoms with Gasteiger partial charge in [0.05, 0.1) is 13.2 Å². The molecule has 0 aromatic carbocycles. The first-order valence-electron chi connectivity index (χ1n) is 9.52. The van der Waals surface area contributed by atoms with E-state index in [9.17, 15) is 4.79 Å². The van der Waals surface area contributed by atoms with Crippen LogP contribution in [0.25, 0.3) is 0 Å². The number of aromatic nitrogens is 1. The molecule has 0 radical (unpaired) electrons. The highest BCUT2D eigenvalue weighted by Crippen LogP contribution is 2.08. The van der Waals surface area contributed by atoms with Crippen LogP contribution in [0.15, 0.2) is 23.3 Å². The highest BCUT2D eigenvalue weighted by Gasteiger charge is 2.09. The van der Waals surface area contributed by atoms with Crippen LogP contribution in [0.4, 0.5) is 0 Å². The monoisotopic (exact) mass is 491 g/mol. The van der Waals surface area contributed by atoms with Crippen LogP contribution in [-0.2, 0) is 11.3 Å². The van der Waals surface area contributed by atoms with Gasteiger partial charge in [0.25, 0.3) is 0 Å². The summed E-state index contributed by atoms with van der Waals surface area (Å²) in [4.78, 5) is 22.7. The van der Waals surface area contributed by atoms with E-state index in [1.807, 2.05) is 37.8 Å². The first-order valence-corrected chi connectivity index (χ1v) is 9.52. The van der Waals surface area contributed by atoms with E-state index < -0.39 is 0 Å². The number of hydrogen-bond acceptors (Lipinski definition) is 4. The summed E-state index contributed by atoms with van der Waals surface area (Å²) in [6, 6.07) is 3.83. The molecule has 2 N–H and O–H groups in total. The van der Waals surface area contributed by atoms with Gasteiger partial charge >= 0.3 is 0 Å². The first kappa shape index (κ1) is 25.4. The molecule has 154 valence electrons. The van der Waals surface area contributed by atoms with Gasteiger partial charge in [-0.3, -0.25) is 4.79 Å². The Morgan fingerprint density at radius 3 is 2.48 bits per heavy atom. The number of carbonyl (C=O) groups is 1. The molecule has 0 saturated heterocycles. The fraction of sp³-hybridized carbons (Fsp3) is 0.632. The molecule has 0 aliphatic rings. The molecular weight excluding hydrogens is 457 g/mol. The predicted molar refractivity (Wildman–Crippen MR) is 121 cm³/mol. The smallest absolute Gasteiger partial charge is 0.224 e. The summed E-state index contributed by atoms with van der Waals surface area (Å²) in [6.07, 6.45) is 3.20. The minimum atomic E-state index is 0. The van der Waals surface area contributed by atoms with E-state index in [1.165, 1.54) is 0 Å². The number of hydrogen-bond donors (Lipinski definition) is 2. The van der Waals surface area contributed by atoms with Crippen LogP contribution >= 0.6 is 24.0 Å². The standard InChI is InChI=1S/C19H33N5O2.HI/c1-5-13-26-17-10-9-16(14-22-17)15-23-19(20-6-2)21-12-11-18(25)24(7-3)8-4;/h9-10,14H,5-8,11-13,15H2,1-4H3,(H2,20,21,23);1H. The molecule has 0 fully saturated rings. The van der Waals surface area contributed by atoms with Crippen molar-refractivity contribution in [2.24, 2.45) is 4.99 Å². The number of halogens is 1. The molecule has 0 spiro atoms. The van der Waals surface area contributed by atoms with Gasteiger partial charge in [0.15, 0.2) is 5.96 Å². The highest BCUT2D eigenvalue weighted by molar-refractivity contribution is 14.0. The molecule has 1 amide bonds. The summed E-state index contributed by atoms with van der Waals surface area (Å²) in [7, 11) is 0. The summed E-state index contributed by atoms with van der Waals surface area (Å²) in [5.74, 6) is 1.50. The molecule has 7 nitrogen and oxygen atoms in total. The zero-order valence-electron chi connectivity index (χ0n) is 17.0. The molecule has 0 aliphatic heterocycles. The SMILES string of the molecule is CCCOc1ccc(CN=C(NCC)NCCC(=O)N(CC)CC)cn1.I. The molecule has 1 heterocycles. The largest absolute Gasteiger partial charge is 0.478 e. The lowest BCUT2D eigenvalue weighted by Gasteiger charge is -2.19. The number of nitrogens with zero attached hydrogens (tertiary/aromatic N) is 3. The van der Waals surface area contributed by atoms with E-state index in [0.717, 1.165) is 31.6 Å². The third kappa shape index (κ3) is 10.4. The van der Waals surface area contributed by atoms with E-state index in [0.29, 0.717) is 38.0 Å². The topological polar surface area (TPSA) is 78.8 Å². The predicted octanol–water partition coefficient (Wildman–Crippen LogP) is 2.80. The average molecular weight is 491 g/mol. The van der Waals surface area contributed by atoms with Crippen LogP contribution in [0.5, 0.6) is 5.88 Å². The maximum Gasteiger partial charge on any atom is 0.224 e. The zero-order valence-corrected chi connectivity index (χ0v) is 19.3. The van der Waals surface area contributed by atoms with E-state index in [1.54, 1.807) is 6.20 Å². The van der Waals surface area contributed by atoms with Gasteiger partial charge in [-0.2, -0.15) is 0 Å². The molecule has 0 bridgehead atoms. The Bertz CT molecular complexity index is 548. The Balaban J connectivity index is 0.00000676. The molecule has 0 aliphatic carbocycles. The molecule has 8 heteroatoms. The van der Waals surface area contributed by atoms with Gasteiger partial charge in [-0.15, -0.1) is 24.0 Å². The van der Waals surface area contributed by atoms with Crippen molar-refractivity contribution in [1.82, 2.24) is 20.5 Å². The van der Waals surface area contributed by atoms with E-state index in [2.05, 4.69) is 27.5 Å². The number of carbonyl (C=O) groups excluding carboxylic acids is 1. The quantitative estimate of drug-likeness (QED) is 0.283. The number of nitrogens with one attached hydrogen (secondary N) is 2. The Labute approximate surface area is 180 Å². The normalized spacial score (nSPS) is 10.7. The van der Waals surface area contributed by atoms with E-state index in [4.69, 9.17) is 4.74 Å². The second-order valence-corrected chi connectivity index (χ2v) is 5.79. The maximum atomic E-state index is 12.0. The minimum absolute atomic E-state index is 0. The number of ether oxygens (including phenoxy) is 1.